The molecular formula is C16H15BrO2. The molecule has 3 rings (SSSR count). The molecule has 0 amide bonds. The maximum atomic E-state index is 10.2. The highest BCUT2D eigenvalue weighted by atomic mass is 79.9. The summed E-state index contributed by atoms with van der Waals surface area (Å²) < 4.78 is 6.98. The van der Waals surface area contributed by atoms with E-state index in [0.29, 0.717) is 6.42 Å². The summed E-state index contributed by atoms with van der Waals surface area (Å²) in [5.41, 5.74) is 3.20. The van der Waals surface area contributed by atoms with E-state index in [4.69, 9.17) is 4.74 Å². The van der Waals surface area contributed by atoms with Gasteiger partial charge >= 0.3 is 0 Å². The van der Waals surface area contributed by atoms with Gasteiger partial charge in [0, 0.05) is 16.5 Å². The van der Waals surface area contributed by atoms with Crippen molar-refractivity contribution in [1.29, 1.82) is 0 Å². The molecule has 1 N–H and O–H groups in total. The number of benzene rings is 2. The van der Waals surface area contributed by atoms with Crippen LogP contribution in [-0.2, 0) is 0 Å². The highest BCUT2D eigenvalue weighted by Gasteiger charge is 2.27. The molecule has 0 saturated carbocycles. The first-order valence-corrected chi connectivity index (χ1v) is 7.13. The van der Waals surface area contributed by atoms with Gasteiger partial charge in [-0.05, 0) is 24.6 Å². The van der Waals surface area contributed by atoms with Gasteiger partial charge in [0.2, 0.25) is 0 Å². The largest absolute Gasteiger partial charge is 0.485 e. The first-order chi connectivity index (χ1) is 9.13. The average molecular weight is 319 g/mol. The van der Waals surface area contributed by atoms with E-state index < -0.39 is 6.10 Å². The van der Waals surface area contributed by atoms with Crippen LogP contribution in [0.3, 0.4) is 0 Å². The predicted molar refractivity (Wildman–Crippen MR) is 78.3 cm³/mol. The number of aliphatic hydroxyl groups excluding tert-OH is 1. The van der Waals surface area contributed by atoms with Crippen molar-refractivity contribution in [3.63, 3.8) is 0 Å². The maximum absolute atomic E-state index is 10.2. The molecule has 0 spiro atoms. The van der Waals surface area contributed by atoms with Crippen molar-refractivity contribution in [3.8, 4) is 5.75 Å². The molecule has 0 fully saturated rings. The molecule has 98 valence electrons. The number of halogens is 1. The van der Waals surface area contributed by atoms with Crippen LogP contribution in [0, 0.1) is 6.92 Å². The standard InChI is InChI=1S/C16H15BrO2/c1-10-2-4-11(5-3-10)15-9-14(18)13-7-6-12(17)8-16(13)19-15/h2-8,14-15,18H,9H2,1H3/t14-,15?/m1/s1. The Kier molecular flexibility index (Phi) is 3.33. The molecule has 19 heavy (non-hydrogen) atoms. The minimum Gasteiger partial charge on any atom is -0.485 e. The summed E-state index contributed by atoms with van der Waals surface area (Å²) in [5, 5.41) is 10.2. The molecule has 2 atom stereocenters. The Labute approximate surface area is 121 Å². The number of ether oxygens (including phenoxy) is 1. The van der Waals surface area contributed by atoms with Crippen molar-refractivity contribution in [1.82, 2.24) is 0 Å². The molecule has 1 aliphatic heterocycles. The normalized spacial score (nSPS) is 21.6. The van der Waals surface area contributed by atoms with E-state index in [0.717, 1.165) is 21.3 Å². The first-order valence-electron chi connectivity index (χ1n) is 6.34. The molecule has 1 heterocycles. The SMILES string of the molecule is Cc1ccc(C2C[C@@H](O)c3ccc(Br)cc3O2)cc1. The lowest BCUT2D eigenvalue weighted by molar-refractivity contribution is 0.0657. The summed E-state index contributed by atoms with van der Waals surface area (Å²) in [6.45, 7) is 2.06. The van der Waals surface area contributed by atoms with Crippen molar-refractivity contribution in [2.45, 2.75) is 25.6 Å². The minimum absolute atomic E-state index is 0.0857. The lowest BCUT2D eigenvalue weighted by Gasteiger charge is -2.30. The summed E-state index contributed by atoms with van der Waals surface area (Å²) in [6.07, 6.45) is 0.0399. The molecule has 2 nitrogen and oxygen atoms in total. The summed E-state index contributed by atoms with van der Waals surface area (Å²) in [5.74, 6) is 0.763. The van der Waals surface area contributed by atoms with Gasteiger partial charge in [-0.2, -0.15) is 0 Å². The van der Waals surface area contributed by atoms with Crippen LogP contribution in [0.5, 0.6) is 5.75 Å². The van der Waals surface area contributed by atoms with Crippen LogP contribution in [-0.4, -0.2) is 5.11 Å². The Morgan fingerprint density at radius 3 is 2.63 bits per heavy atom. The smallest absolute Gasteiger partial charge is 0.127 e. The molecule has 0 aromatic heterocycles. The van der Waals surface area contributed by atoms with Crippen LogP contribution >= 0.6 is 15.9 Å². The fourth-order valence-electron chi connectivity index (χ4n) is 2.40. The Balaban J connectivity index is 1.93. The first kappa shape index (κ1) is 12.7. The molecule has 0 radical (unpaired) electrons. The van der Waals surface area contributed by atoms with Crippen LogP contribution in [0.15, 0.2) is 46.9 Å². The van der Waals surface area contributed by atoms with Crippen molar-refractivity contribution >= 4 is 15.9 Å². The van der Waals surface area contributed by atoms with Gasteiger partial charge in [-0.15, -0.1) is 0 Å². The molecular weight excluding hydrogens is 304 g/mol. The van der Waals surface area contributed by atoms with Crippen LogP contribution in [0.25, 0.3) is 0 Å². The molecule has 3 heteroatoms. The zero-order valence-electron chi connectivity index (χ0n) is 10.6. The number of aryl methyl sites for hydroxylation is 1. The fraction of sp³-hybridized carbons (Fsp3) is 0.250. The average Bonchev–Trinajstić information content (AvgIpc) is 2.38. The second-order valence-electron chi connectivity index (χ2n) is 4.95. The third-order valence-electron chi connectivity index (χ3n) is 3.49. The zero-order valence-corrected chi connectivity index (χ0v) is 12.2. The van der Waals surface area contributed by atoms with E-state index in [1.54, 1.807) is 0 Å². The van der Waals surface area contributed by atoms with Crippen molar-refractivity contribution in [2.24, 2.45) is 0 Å². The Bertz CT molecular complexity index is 592. The topological polar surface area (TPSA) is 29.5 Å². The van der Waals surface area contributed by atoms with Crippen LogP contribution < -0.4 is 4.74 Å². The number of aliphatic hydroxyl groups is 1. The molecule has 1 unspecified atom stereocenters. The van der Waals surface area contributed by atoms with E-state index in [1.165, 1.54) is 5.56 Å². The van der Waals surface area contributed by atoms with Gasteiger partial charge in [0.15, 0.2) is 0 Å². The molecule has 2 aromatic carbocycles. The second-order valence-corrected chi connectivity index (χ2v) is 5.87. The van der Waals surface area contributed by atoms with E-state index in [-0.39, 0.29) is 6.10 Å². The zero-order chi connectivity index (χ0) is 13.4. The highest BCUT2D eigenvalue weighted by Crippen LogP contribution is 2.41. The summed E-state index contributed by atoms with van der Waals surface area (Å²) >= 11 is 3.43. The van der Waals surface area contributed by atoms with Crippen molar-refractivity contribution < 1.29 is 9.84 Å². The van der Waals surface area contributed by atoms with Gasteiger partial charge in [-0.1, -0.05) is 51.8 Å². The van der Waals surface area contributed by atoms with E-state index in [2.05, 4.69) is 47.1 Å². The lowest BCUT2D eigenvalue weighted by Crippen LogP contribution is -2.19. The number of hydrogen-bond donors (Lipinski definition) is 1. The highest BCUT2D eigenvalue weighted by molar-refractivity contribution is 9.10. The van der Waals surface area contributed by atoms with Gasteiger partial charge in [0.05, 0.1) is 6.10 Å². The van der Waals surface area contributed by atoms with Gasteiger partial charge < -0.3 is 9.84 Å². The third kappa shape index (κ3) is 2.53. The summed E-state index contributed by atoms with van der Waals surface area (Å²) in [7, 11) is 0. The fourth-order valence-corrected chi connectivity index (χ4v) is 2.74. The van der Waals surface area contributed by atoms with Gasteiger partial charge in [0.1, 0.15) is 11.9 Å². The molecule has 0 aliphatic carbocycles. The van der Waals surface area contributed by atoms with Crippen molar-refractivity contribution in [3.05, 3.63) is 63.6 Å². The van der Waals surface area contributed by atoms with Crippen LogP contribution in [0.1, 0.15) is 35.3 Å². The Hall–Kier alpha value is -1.32. The van der Waals surface area contributed by atoms with E-state index in [9.17, 15) is 5.11 Å². The van der Waals surface area contributed by atoms with Crippen LogP contribution in [0.4, 0.5) is 0 Å². The number of fused-ring (bicyclic) bond motifs is 1. The molecule has 1 aliphatic rings. The maximum Gasteiger partial charge on any atom is 0.127 e. The third-order valence-corrected chi connectivity index (χ3v) is 3.98. The minimum atomic E-state index is -0.469. The van der Waals surface area contributed by atoms with Crippen LogP contribution in [0.2, 0.25) is 0 Å². The molecule has 2 aromatic rings. The lowest BCUT2D eigenvalue weighted by atomic mass is 9.95. The van der Waals surface area contributed by atoms with Gasteiger partial charge in [0.25, 0.3) is 0 Å². The number of hydrogen-bond acceptors (Lipinski definition) is 2. The quantitative estimate of drug-likeness (QED) is 0.848. The van der Waals surface area contributed by atoms with Crippen molar-refractivity contribution in [2.75, 3.05) is 0 Å². The van der Waals surface area contributed by atoms with E-state index in [1.807, 2.05) is 18.2 Å². The van der Waals surface area contributed by atoms with Gasteiger partial charge in [-0.25, -0.2) is 0 Å². The summed E-state index contributed by atoms with van der Waals surface area (Å²) in [6, 6.07) is 14.0. The molecule has 0 bridgehead atoms. The monoisotopic (exact) mass is 318 g/mol. The number of rotatable bonds is 1. The van der Waals surface area contributed by atoms with Gasteiger partial charge in [-0.3, -0.25) is 0 Å². The predicted octanol–water partition coefficient (Wildman–Crippen LogP) is 4.31. The Morgan fingerprint density at radius 2 is 1.89 bits per heavy atom. The summed E-state index contributed by atoms with van der Waals surface area (Å²) in [4.78, 5) is 0. The second kappa shape index (κ2) is 4.99. The Morgan fingerprint density at radius 1 is 1.16 bits per heavy atom. The van der Waals surface area contributed by atoms with E-state index >= 15 is 0 Å². The molecule has 0 saturated heterocycles.